The number of carbonyl (C=O) groups is 2. The number of hydrogen-bond acceptors (Lipinski definition) is 2. The normalized spacial score (nSPS) is 26.6. The largest absolute Gasteiger partial charge is 0.299 e. The van der Waals surface area contributed by atoms with Gasteiger partial charge in [0.1, 0.15) is 11.6 Å². The fourth-order valence-corrected chi connectivity index (χ4v) is 1.73. The maximum atomic E-state index is 11.4. The van der Waals surface area contributed by atoms with Gasteiger partial charge in [0.25, 0.3) is 0 Å². The maximum absolute atomic E-state index is 11.4. The zero-order chi connectivity index (χ0) is 8.97. The molecule has 1 aliphatic rings. The third-order valence-electron chi connectivity index (χ3n) is 2.58. The lowest BCUT2D eigenvalue weighted by molar-refractivity contribution is -0.130. The zero-order valence-corrected chi connectivity index (χ0v) is 7.64. The maximum Gasteiger partial charge on any atom is 0.143 e. The molecule has 0 bridgehead atoms. The van der Waals surface area contributed by atoms with Crippen LogP contribution in [0.2, 0.25) is 0 Å². The van der Waals surface area contributed by atoms with Crippen LogP contribution in [0.4, 0.5) is 0 Å². The van der Waals surface area contributed by atoms with E-state index in [0.717, 1.165) is 25.7 Å². The molecule has 0 radical (unpaired) electrons. The monoisotopic (exact) mass is 168 g/mol. The molecule has 1 rings (SSSR count). The molecule has 0 aromatic rings. The van der Waals surface area contributed by atoms with Crippen LogP contribution >= 0.6 is 0 Å². The lowest BCUT2D eigenvalue weighted by atomic mass is 9.88. The van der Waals surface area contributed by atoms with E-state index in [2.05, 4.69) is 0 Å². The van der Waals surface area contributed by atoms with Crippen molar-refractivity contribution in [2.24, 2.45) is 5.92 Å². The van der Waals surface area contributed by atoms with E-state index < -0.39 is 0 Å². The van der Waals surface area contributed by atoms with Gasteiger partial charge in [-0.2, -0.15) is 0 Å². The van der Waals surface area contributed by atoms with Gasteiger partial charge in [-0.05, 0) is 19.3 Å². The Morgan fingerprint density at radius 3 is 2.75 bits per heavy atom. The van der Waals surface area contributed by atoms with E-state index in [1.54, 1.807) is 0 Å². The van der Waals surface area contributed by atoms with Crippen molar-refractivity contribution in [3.05, 3.63) is 0 Å². The molecule has 0 N–H and O–H groups in total. The number of carbonyl (C=O) groups excluding carboxylic acids is 2. The van der Waals surface area contributed by atoms with Crippen LogP contribution in [-0.4, -0.2) is 11.6 Å². The summed E-state index contributed by atoms with van der Waals surface area (Å²) in [7, 11) is 0. The van der Waals surface area contributed by atoms with Gasteiger partial charge in [0.05, 0.1) is 6.42 Å². The molecule has 0 heterocycles. The van der Waals surface area contributed by atoms with Gasteiger partial charge in [-0.3, -0.25) is 9.59 Å². The highest BCUT2D eigenvalue weighted by Gasteiger charge is 2.21. The minimum absolute atomic E-state index is 0.137. The molecule has 0 saturated heterocycles. The first-order valence-corrected chi connectivity index (χ1v) is 4.78. The van der Waals surface area contributed by atoms with Gasteiger partial charge in [0.2, 0.25) is 0 Å². The summed E-state index contributed by atoms with van der Waals surface area (Å²) >= 11 is 0. The van der Waals surface area contributed by atoms with Crippen LogP contribution in [0.25, 0.3) is 0 Å². The van der Waals surface area contributed by atoms with Crippen LogP contribution in [-0.2, 0) is 9.59 Å². The molecule has 0 aliphatic heterocycles. The molecule has 1 atom stereocenters. The molecule has 0 amide bonds. The van der Waals surface area contributed by atoms with E-state index in [1.165, 1.54) is 0 Å². The van der Waals surface area contributed by atoms with Crippen LogP contribution in [0.5, 0.6) is 0 Å². The fourth-order valence-electron chi connectivity index (χ4n) is 1.73. The third kappa shape index (κ3) is 2.43. The molecular formula is C10H16O2. The van der Waals surface area contributed by atoms with Gasteiger partial charge in [0, 0.05) is 12.3 Å². The SMILES string of the molecule is CCC1CCCCC(=O)CC1=O. The lowest BCUT2D eigenvalue weighted by Crippen LogP contribution is -2.20. The van der Waals surface area contributed by atoms with Crippen LogP contribution < -0.4 is 0 Å². The van der Waals surface area contributed by atoms with Crippen molar-refractivity contribution < 1.29 is 9.59 Å². The third-order valence-corrected chi connectivity index (χ3v) is 2.58. The summed E-state index contributed by atoms with van der Waals surface area (Å²) in [6, 6.07) is 0. The second-order valence-electron chi connectivity index (χ2n) is 3.53. The molecule has 68 valence electrons. The molecule has 2 nitrogen and oxygen atoms in total. The van der Waals surface area contributed by atoms with Crippen LogP contribution in [0, 0.1) is 5.92 Å². The molecular weight excluding hydrogens is 152 g/mol. The van der Waals surface area contributed by atoms with Crippen molar-refractivity contribution in [1.82, 2.24) is 0 Å². The molecule has 0 aromatic carbocycles. The molecule has 12 heavy (non-hydrogen) atoms. The molecule has 1 fully saturated rings. The Hall–Kier alpha value is -0.660. The molecule has 2 heteroatoms. The van der Waals surface area contributed by atoms with Crippen LogP contribution in [0.15, 0.2) is 0 Å². The van der Waals surface area contributed by atoms with E-state index in [0.29, 0.717) is 6.42 Å². The number of ketones is 2. The van der Waals surface area contributed by atoms with E-state index in [1.807, 2.05) is 6.92 Å². The highest BCUT2D eigenvalue weighted by molar-refractivity contribution is 6.00. The van der Waals surface area contributed by atoms with Gasteiger partial charge in [-0.25, -0.2) is 0 Å². The summed E-state index contributed by atoms with van der Waals surface area (Å²) in [5, 5.41) is 0. The van der Waals surface area contributed by atoms with Gasteiger partial charge < -0.3 is 0 Å². The highest BCUT2D eigenvalue weighted by Crippen LogP contribution is 2.20. The fraction of sp³-hybridized carbons (Fsp3) is 0.800. The molecule has 0 aromatic heterocycles. The predicted octanol–water partition coefficient (Wildman–Crippen LogP) is 2.11. The number of Topliss-reactive ketones (excluding diaryl/α,β-unsaturated/α-hetero) is 2. The van der Waals surface area contributed by atoms with E-state index in [9.17, 15) is 9.59 Å². The highest BCUT2D eigenvalue weighted by atomic mass is 16.1. The van der Waals surface area contributed by atoms with Crippen LogP contribution in [0.1, 0.15) is 45.4 Å². The standard InChI is InChI=1S/C10H16O2/c1-2-8-5-3-4-6-9(11)7-10(8)12/h8H,2-7H2,1H3. The first-order valence-electron chi connectivity index (χ1n) is 4.78. The summed E-state index contributed by atoms with van der Waals surface area (Å²) in [6.45, 7) is 2.02. The minimum atomic E-state index is 0.137. The Bertz CT molecular complexity index is 184. The number of rotatable bonds is 1. The summed E-state index contributed by atoms with van der Waals surface area (Å²) < 4.78 is 0. The lowest BCUT2D eigenvalue weighted by Gasteiger charge is -2.15. The van der Waals surface area contributed by atoms with E-state index >= 15 is 0 Å². The van der Waals surface area contributed by atoms with Crippen LogP contribution in [0.3, 0.4) is 0 Å². The first kappa shape index (κ1) is 9.43. The zero-order valence-electron chi connectivity index (χ0n) is 7.64. The van der Waals surface area contributed by atoms with E-state index in [-0.39, 0.29) is 23.9 Å². The Labute approximate surface area is 73.3 Å². The molecule has 1 aliphatic carbocycles. The summed E-state index contributed by atoms with van der Waals surface area (Å²) in [5.41, 5.74) is 0. The Morgan fingerprint density at radius 1 is 1.33 bits per heavy atom. The summed E-state index contributed by atoms with van der Waals surface area (Å²) in [6.07, 6.45) is 4.70. The topological polar surface area (TPSA) is 34.1 Å². The van der Waals surface area contributed by atoms with Gasteiger partial charge in [0.15, 0.2) is 0 Å². The van der Waals surface area contributed by atoms with Crippen molar-refractivity contribution in [3.8, 4) is 0 Å². The Kier molecular flexibility index (Phi) is 3.45. The van der Waals surface area contributed by atoms with Crippen molar-refractivity contribution in [1.29, 1.82) is 0 Å². The summed E-state index contributed by atoms with van der Waals surface area (Å²) in [4.78, 5) is 22.5. The van der Waals surface area contributed by atoms with Crippen molar-refractivity contribution in [3.63, 3.8) is 0 Å². The van der Waals surface area contributed by atoms with Crippen molar-refractivity contribution in [2.75, 3.05) is 0 Å². The van der Waals surface area contributed by atoms with Gasteiger partial charge in [-0.1, -0.05) is 13.3 Å². The van der Waals surface area contributed by atoms with Gasteiger partial charge in [-0.15, -0.1) is 0 Å². The smallest absolute Gasteiger partial charge is 0.143 e. The van der Waals surface area contributed by atoms with Crippen molar-refractivity contribution in [2.45, 2.75) is 45.4 Å². The van der Waals surface area contributed by atoms with E-state index in [4.69, 9.17) is 0 Å². The average Bonchev–Trinajstić information content (AvgIpc) is 2.01. The molecule has 1 unspecified atom stereocenters. The minimum Gasteiger partial charge on any atom is -0.299 e. The molecule has 1 saturated carbocycles. The predicted molar refractivity (Wildman–Crippen MR) is 46.9 cm³/mol. The second kappa shape index (κ2) is 4.39. The number of hydrogen-bond donors (Lipinski definition) is 0. The summed E-state index contributed by atoms with van der Waals surface area (Å²) in [5.74, 6) is 0.467. The Morgan fingerprint density at radius 2 is 2.08 bits per heavy atom. The molecule has 0 spiro atoms. The second-order valence-corrected chi connectivity index (χ2v) is 3.53. The Balaban J connectivity index is 2.54. The quantitative estimate of drug-likeness (QED) is 0.562. The average molecular weight is 168 g/mol. The van der Waals surface area contributed by atoms with Crippen molar-refractivity contribution >= 4 is 11.6 Å². The van der Waals surface area contributed by atoms with Gasteiger partial charge >= 0.3 is 0 Å². The first-order chi connectivity index (χ1) is 5.74.